The van der Waals surface area contributed by atoms with Gasteiger partial charge in [-0.05, 0) is 46.5 Å². The second-order valence-electron chi connectivity index (χ2n) is 4.38. The highest BCUT2D eigenvalue weighted by atomic mass is 79.9. The van der Waals surface area contributed by atoms with E-state index in [-0.39, 0.29) is 5.54 Å². The van der Waals surface area contributed by atoms with E-state index in [9.17, 15) is 4.79 Å². The molecule has 1 heterocycles. The van der Waals surface area contributed by atoms with Crippen molar-refractivity contribution in [2.75, 3.05) is 0 Å². The molecule has 1 aliphatic carbocycles. The standard InChI is InChI=1S/C12H10BrN3O/c1-16-10-6-8(12(4-5-12)14-7-17)2-3-9(10)11(13)15-16/h2-3,6H,4-5H2,1H3. The first-order valence-corrected chi connectivity index (χ1v) is 6.17. The Morgan fingerprint density at radius 3 is 2.94 bits per heavy atom. The molecule has 1 fully saturated rings. The number of aliphatic imine (C=N–C) groups is 1. The normalized spacial score (nSPS) is 16.8. The van der Waals surface area contributed by atoms with E-state index in [1.165, 1.54) is 0 Å². The number of fused-ring (bicyclic) bond motifs is 1. The number of benzene rings is 1. The Kier molecular flexibility index (Phi) is 2.21. The molecule has 0 spiro atoms. The SMILES string of the molecule is Cn1nc(Br)c2ccc(C3(N=C=O)CC3)cc21. The fraction of sp³-hybridized carbons (Fsp3) is 0.333. The van der Waals surface area contributed by atoms with Crippen LogP contribution in [0.3, 0.4) is 0 Å². The molecule has 0 radical (unpaired) electrons. The highest BCUT2D eigenvalue weighted by molar-refractivity contribution is 9.10. The van der Waals surface area contributed by atoms with Crippen LogP contribution in [0.4, 0.5) is 0 Å². The Bertz CT molecular complexity index is 651. The molecule has 4 nitrogen and oxygen atoms in total. The number of hydrogen-bond acceptors (Lipinski definition) is 3. The van der Waals surface area contributed by atoms with Crippen LogP contribution in [-0.2, 0) is 17.4 Å². The van der Waals surface area contributed by atoms with Crippen LogP contribution in [0.5, 0.6) is 0 Å². The smallest absolute Gasteiger partial charge is 0.235 e. The zero-order valence-corrected chi connectivity index (χ0v) is 10.9. The molecular formula is C12H10BrN3O. The predicted molar refractivity (Wildman–Crippen MR) is 67.4 cm³/mol. The minimum Gasteiger partial charge on any atom is -0.267 e. The van der Waals surface area contributed by atoms with Crippen LogP contribution in [0.2, 0.25) is 0 Å². The Balaban J connectivity index is 2.20. The van der Waals surface area contributed by atoms with Crippen molar-refractivity contribution in [2.45, 2.75) is 18.4 Å². The maximum Gasteiger partial charge on any atom is 0.235 e. The van der Waals surface area contributed by atoms with E-state index in [4.69, 9.17) is 0 Å². The highest BCUT2D eigenvalue weighted by Gasteiger charge is 2.45. The minimum absolute atomic E-state index is 0.313. The Hall–Kier alpha value is -1.45. The van der Waals surface area contributed by atoms with Crippen LogP contribution >= 0.6 is 15.9 Å². The molecule has 1 aromatic heterocycles. The first-order chi connectivity index (χ1) is 8.16. The second kappa shape index (κ2) is 3.52. The summed E-state index contributed by atoms with van der Waals surface area (Å²) in [4.78, 5) is 14.4. The molecule has 1 aliphatic rings. The second-order valence-corrected chi connectivity index (χ2v) is 5.13. The van der Waals surface area contributed by atoms with Crippen LogP contribution in [0.15, 0.2) is 27.8 Å². The lowest BCUT2D eigenvalue weighted by atomic mass is 10.0. The first kappa shape index (κ1) is 10.7. The zero-order chi connectivity index (χ0) is 12.0. The van der Waals surface area contributed by atoms with Crippen molar-refractivity contribution in [1.29, 1.82) is 0 Å². The number of aryl methyl sites for hydroxylation is 1. The summed E-state index contributed by atoms with van der Waals surface area (Å²) in [5.41, 5.74) is 1.80. The molecule has 3 rings (SSSR count). The van der Waals surface area contributed by atoms with Crippen molar-refractivity contribution in [3.05, 3.63) is 28.4 Å². The molecule has 0 unspecified atom stereocenters. The van der Waals surface area contributed by atoms with Crippen molar-refractivity contribution >= 4 is 32.9 Å². The summed E-state index contributed by atoms with van der Waals surface area (Å²) in [6.45, 7) is 0. The summed E-state index contributed by atoms with van der Waals surface area (Å²) in [5, 5.41) is 5.38. The lowest BCUT2D eigenvalue weighted by molar-refractivity contribution is 0.556. The molecule has 2 aromatic rings. The number of carbonyl (C=O) groups excluding carboxylic acids is 1. The van der Waals surface area contributed by atoms with Crippen LogP contribution in [0.25, 0.3) is 10.9 Å². The largest absolute Gasteiger partial charge is 0.267 e. The average molecular weight is 292 g/mol. The van der Waals surface area contributed by atoms with Gasteiger partial charge >= 0.3 is 0 Å². The number of rotatable bonds is 2. The van der Waals surface area contributed by atoms with Gasteiger partial charge < -0.3 is 0 Å². The molecular weight excluding hydrogens is 282 g/mol. The monoisotopic (exact) mass is 291 g/mol. The summed E-state index contributed by atoms with van der Waals surface area (Å²) >= 11 is 3.42. The predicted octanol–water partition coefficient (Wildman–Crippen LogP) is 2.66. The summed E-state index contributed by atoms with van der Waals surface area (Å²) in [6, 6.07) is 6.09. The van der Waals surface area contributed by atoms with Gasteiger partial charge in [0.15, 0.2) is 0 Å². The van der Waals surface area contributed by atoms with E-state index in [1.807, 2.05) is 23.9 Å². The van der Waals surface area contributed by atoms with Gasteiger partial charge in [-0.25, -0.2) is 4.79 Å². The molecule has 0 amide bonds. The van der Waals surface area contributed by atoms with Gasteiger partial charge in [0.25, 0.3) is 0 Å². The van der Waals surface area contributed by atoms with Gasteiger partial charge in [0.1, 0.15) is 4.60 Å². The third-order valence-electron chi connectivity index (χ3n) is 3.33. The topological polar surface area (TPSA) is 47.2 Å². The molecule has 0 bridgehead atoms. The number of isocyanates is 1. The van der Waals surface area contributed by atoms with Crippen molar-refractivity contribution in [3.63, 3.8) is 0 Å². The van der Waals surface area contributed by atoms with Gasteiger partial charge in [-0.3, -0.25) is 4.68 Å². The number of aromatic nitrogens is 2. The fourth-order valence-electron chi connectivity index (χ4n) is 2.17. The first-order valence-electron chi connectivity index (χ1n) is 5.38. The van der Waals surface area contributed by atoms with Gasteiger partial charge in [0.05, 0.1) is 11.1 Å². The van der Waals surface area contributed by atoms with Crippen LogP contribution in [0.1, 0.15) is 18.4 Å². The lowest BCUT2D eigenvalue weighted by Crippen LogP contribution is -2.02. The summed E-state index contributed by atoms with van der Waals surface area (Å²) in [6.07, 6.45) is 3.53. The number of nitrogens with zero attached hydrogens (tertiary/aromatic N) is 3. The fourth-order valence-corrected chi connectivity index (χ4v) is 2.75. The third-order valence-corrected chi connectivity index (χ3v) is 3.91. The molecule has 17 heavy (non-hydrogen) atoms. The molecule has 5 heteroatoms. The number of halogens is 1. The van der Waals surface area contributed by atoms with Crippen molar-refractivity contribution < 1.29 is 4.79 Å². The molecule has 0 aliphatic heterocycles. The summed E-state index contributed by atoms with van der Waals surface area (Å²) in [7, 11) is 1.90. The van der Waals surface area contributed by atoms with Crippen molar-refractivity contribution in [3.8, 4) is 0 Å². The van der Waals surface area contributed by atoms with Gasteiger partial charge in [0.2, 0.25) is 6.08 Å². The van der Waals surface area contributed by atoms with Crippen LogP contribution in [-0.4, -0.2) is 15.9 Å². The highest BCUT2D eigenvalue weighted by Crippen LogP contribution is 2.49. The average Bonchev–Trinajstić information content (AvgIpc) is 3.04. The summed E-state index contributed by atoms with van der Waals surface area (Å²) < 4.78 is 2.66. The Labute approximate surface area is 106 Å². The summed E-state index contributed by atoms with van der Waals surface area (Å²) in [5.74, 6) is 0. The van der Waals surface area contributed by atoms with Gasteiger partial charge in [-0.1, -0.05) is 6.07 Å². The van der Waals surface area contributed by atoms with E-state index in [1.54, 1.807) is 6.08 Å². The molecule has 1 aromatic carbocycles. The van der Waals surface area contributed by atoms with Gasteiger partial charge in [0, 0.05) is 12.4 Å². The van der Waals surface area contributed by atoms with E-state index in [2.05, 4.69) is 32.1 Å². The van der Waals surface area contributed by atoms with Crippen molar-refractivity contribution in [2.24, 2.45) is 12.0 Å². The molecule has 0 atom stereocenters. The van der Waals surface area contributed by atoms with Gasteiger partial charge in [-0.15, -0.1) is 0 Å². The van der Waals surface area contributed by atoms with E-state index >= 15 is 0 Å². The Morgan fingerprint density at radius 2 is 2.29 bits per heavy atom. The molecule has 0 N–H and O–H groups in total. The van der Waals surface area contributed by atoms with E-state index in [0.717, 1.165) is 33.9 Å². The van der Waals surface area contributed by atoms with Crippen LogP contribution < -0.4 is 0 Å². The minimum atomic E-state index is -0.313. The molecule has 1 saturated carbocycles. The quantitative estimate of drug-likeness (QED) is 0.631. The van der Waals surface area contributed by atoms with E-state index in [0.29, 0.717) is 0 Å². The Morgan fingerprint density at radius 1 is 1.53 bits per heavy atom. The van der Waals surface area contributed by atoms with Crippen molar-refractivity contribution in [1.82, 2.24) is 9.78 Å². The maximum atomic E-state index is 10.5. The maximum absolute atomic E-state index is 10.5. The zero-order valence-electron chi connectivity index (χ0n) is 9.27. The lowest BCUT2D eigenvalue weighted by Gasteiger charge is -2.08. The van der Waals surface area contributed by atoms with Gasteiger partial charge in [-0.2, -0.15) is 10.1 Å². The molecule has 86 valence electrons. The third kappa shape index (κ3) is 1.54. The van der Waals surface area contributed by atoms with E-state index < -0.39 is 0 Å². The molecule has 0 saturated heterocycles. The van der Waals surface area contributed by atoms with Crippen LogP contribution in [0, 0.1) is 0 Å². The number of hydrogen-bond donors (Lipinski definition) is 0.